The Kier molecular flexibility index (Phi) is 2.53. The standard InChI is InChI=1S/C8H8N2O2/c1-7(11)9-10(12)8-5-3-2-4-6-8/h2-6H,1H3. The van der Waals surface area contributed by atoms with E-state index in [4.69, 9.17) is 0 Å². The van der Waals surface area contributed by atoms with Gasteiger partial charge in [0.25, 0.3) is 0 Å². The molecule has 0 saturated heterocycles. The van der Waals surface area contributed by atoms with Crippen LogP contribution in [0.15, 0.2) is 35.4 Å². The molecule has 0 spiro atoms. The predicted molar refractivity (Wildman–Crippen MR) is 42.8 cm³/mol. The van der Waals surface area contributed by atoms with Crippen molar-refractivity contribution in [1.29, 1.82) is 0 Å². The van der Waals surface area contributed by atoms with Crippen LogP contribution < -0.4 is 0 Å². The molecule has 0 aliphatic heterocycles. The average Bonchev–Trinajstić information content (AvgIpc) is 2.05. The second-order valence-corrected chi connectivity index (χ2v) is 2.23. The van der Waals surface area contributed by atoms with Gasteiger partial charge in [-0.15, -0.1) is 0 Å². The molecule has 0 atom stereocenters. The van der Waals surface area contributed by atoms with Crippen molar-refractivity contribution < 1.29 is 9.66 Å². The first kappa shape index (κ1) is 8.39. The number of hydrogen-bond donors (Lipinski definition) is 0. The zero-order valence-electron chi connectivity index (χ0n) is 6.60. The van der Waals surface area contributed by atoms with Gasteiger partial charge in [-0.25, -0.2) is 0 Å². The molecule has 1 aromatic rings. The molecule has 62 valence electrons. The fraction of sp³-hybridized carbons (Fsp3) is 0.125. The van der Waals surface area contributed by atoms with Crippen molar-refractivity contribution in [2.24, 2.45) is 5.11 Å². The normalized spacial score (nSPS) is 11.2. The van der Waals surface area contributed by atoms with Gasteiger partial charge in [0.15, 0.2) is 0 Å². The van der Waals surface area contributed by atoms with Gasteiger partial charge in [-0.05, 0) is 4.86 Å². The Balaban J connectivity index is 2.93. The molecule has 0 aliphatic carbocycles. The zero-order valence-corrected chi connectivity index (χ0v) is 6.60. The van der Waals surface area contributed by atoms with Crippen molar-refractivity contribution >= 4 is 11.6 Å². The van der Waals surface area contributed by atoms with E-state index in [1.807, 2.05) is 0 Å². The maximum Gasteiger partial charge on any atom is 0.307 e. The van der Waals surface area contributed by atoms with Crippen molar-refractivity contribution in [1.82, 2.24) is 0 Å². The second kappa shape index (κ2) is 3.61. The van der Waals surface area contributed by atoms with E-state index in [0.717, 1.165) is 0 Å². The van der Waals surface area contributed by atoms with E-state index in [1.54, 1.807) is 30.3 Å². The third kappa shape index (κ3) is 2.16. The van der Waals surface area contributed by atoms with Crippen LogP contribution in [0.25, 0.3) is 0 Å². The van der Waals surface area contributed by atoms with Gasteiger partial charge in [0.2, 0.25) is 5.69 Å². The first-order chi connectivity index (χ1) is 5.70. The summed E-state index contributed by atoms with van der Waals surface area (Å²) < 4.78 is 0. The Labute approximate surface area is 69.7 Å². The lowest BCUT2D eigenvalue weighted by molar-refractivity contribution is -0.436. The highest BCUT2D eigenvalue weighted by Crippen LogP contribution is 2.09. The van der Waals surface area contributed by atoms with E-state index < -0.39 is 5.91 Å². The van der Waals surface area contributed by atoms with Crippen LogP contribution in [0.4, 0.5) is 5.69 Å². The smallest absolute Gasteiger partial charge is 0.307 e. The lowest BCUT2D eigenvalue weighted by Crippen LogP contribution is -1.95. The van der Waals surface area contributed by atoms with E-state index in [1.165, 1.54) is 6.92 Å². The van der Waals surface area contributed by atoms with Gasteiger partial charge in [-0.1, -0.05) is 18.2 Å². The third-order valence-corrected chi connectivity index (χ3v) is 1.21. The highest BCUT2D eigenvalue weighted by atomic mass is 16.5. The van der Waals surface area contributed by atoms with Gasteiger partial charge >= 0.3 is 5.91 Å². The van der Waals surface area contributed by atoms with Crippen LogP contribution in [0.1, 0.15) is 6.92 Å². The molecule has 1 aromatic carbocycles. The van der Waals surface area contributed by atoms with Crippen molar-refractivity contribution in [3.8, 4) is 0 Å². The quantitative estimate of drug-likeness (QED) is 0.361. The molecule has 0 aliphatic rings. The Hall–Kier alpha value is -1.71. The monoisotopic (exact) mass is 164 g/mol. The Bertz CT molecular complexity index is 306. The molecule has 0 radical (unpaired) electrons. The van der Waals surface area contributed by atoms with Crippen LogP contribution in [-0.4, -0.2) is 10.8 Å². The molecule has 0 unspecified atom stereocenters. The largest absolute Gasteiger partial charge is 0.594 e. The lowest BCUT2D eigenvalue weighted by Gasteiger charge is -1.95. The number of rotatable bonds is 1. The van der Waals surface area contributed by atoms with Crippen LogP contribution >= 0.6 is 0 Å². The van der Waals surface area contributed by atoms with Crippen LogP contribution in [0.5, 0.6) is 0 Å². The summed E-state index contributed by atoms with van der Waals surface area (Å²) in [6, 6.07) is 8.36. The van der Waals surface area contributed by atoms with Crippen molar-refractivity contribution in [3.05, 3.63) is 35.5 Å². The average molecular weight is 164 g/mol. The summed E-state index contributed by atoms with van der Waals surface area (Å²) in [7, 11) is 0. The molecule has 0 heterocycles. The maximum atomic E-state index is 11.0. The minimum Gasteiger partial charge on any atom is -0.594 e. The van der Waals surface area contributed by atoms with Crippen molar-refractivity contribution in [2.75, 3.05) is 0 Å². The highest BCUT2D eigenvalue weighted by molar-refractivity contribution is 5.72. The van der Waals surface area contributed by atoms with Gasteiger partial charge in [-0.3, -0.25) is 4.79 Å². The number of benzene rings is 1. The minimum absolute atomic E-state index is 0.308. The van der Waals surface area contributed by atoms with Gasteiger partial charge in [0, 0.05) is 19.1 Å². The van der Waals surface area contributed by atoms with E-state index in [9.17, 15) is 10.0 Å². The van der Waals surface area contributed by atoms with Crippen molar-refractivity contribution in [2.45, 2.75) is 6.92 Å². The van der Waals surface area contributed by atoms with E-state index in [-0.39, 0.29) is 0 Å². The molecule has 0 fully saturated rings. The molecule has 4 heteroatoms. The Morgan fingerprint density at radius 2 is 2.00 bits per heavy atom. The maximum absolute atomic E-state index is 11.0. The molecule has 4 nitrogen and oxygen atoms in total. The number of carbonyl (C=O) groups excluding carboxylic acids is 1. The van der Waals surface area contributed by atoms with Crippen LogP contribution in [-0.2, 0) is 4.79 Å². The Morgan fingerprint density at radius 3 is 2.50 bits per heavy atom. The Morgan fingerprint density at radius 1 is 1.42 bits per heavy atom. The number of nitrogens with zero attached hydrogens (tertiary/aromatic N) is 2. The summed E-state index contributed by atoms with van der Waals surface area (Å²) in [5.74, 6) is -0.506. The summed E-state index contributed by atoms with van der Waals surface area (Å²) in [4.78, 5) is 10.7. The van der Waals surface area contributed by atoms with Crippen molar-refractivity contribution in [3.63, 3.8) is 0 Å². The number of amides is 1. The lowest BCUT2D eigenvalue weighted by atomic mass is 10.3. The number of hydrogen-bond acceptors (Lipinski definition) is 2. The molecule has 0 N–H and O–H groups in total. The molecular formula is C8H8N2O2. The number of para-hydroxylation sites is 1. The molecule has 0 aromatic heterocycles. The SMILES string of the molecule is CC(=O)N=[N+]([O-])c1ccccc1. The topological polar surface area (TPSA) is 55.5 Å². The molecule has 12 heavy (non-hydrogen) atoms. The summed E-state index contributed by atoms with van der Waals surface area (Å²) in [5.41, 5.74) is 0.354. The second-order valence-electron chi connectivity index (χ2n) is 2.23. The first-order valence-electron chi connectivity index (χ1n) is 3.44. The van der Waals surface area contributed by atoms with Gasteiger partial charge in [0.1, 0.15) is 0 Å². The van der Waals surface area contributed by atoms with Gasteiger partial charge in [0.05, 0.1) is 5.11 Å². The van der Waals surface area contributed by atoms with E-state index >= 15 is 0 Å². The van der Waals surface area contributed by atoms with Crippen LogP contribution in [0.2, 0.25) is 0 Å². The van der Waals surface area contributed by atoms with E-state index in [2.05, 4.69) is 5.11 Å². The summed E-state index contributed by atoms with van der Waals surface area (Å²) in [5, 5.41) is 14.2. The molecule has 0 saturated carbocycles. The summed E-state index contributed by atoms with van der Waals surface area (Å²) >= 11 is 0. The highest BCUT2D eigenvalue weighted by Gasteiger charge is 2.01. The number of azo groups is 1. The molecular weight excluding hydrogens is 156 g/mol. The molecule has 1 rings (SSSR count). The number of carbonyl (C=O) groups is 1. The van der Waals surface area contributed by atoms with Crippen LogP contribution in [0.3, 0.4) is 0 Å². The fourth-order valence-electron chi connectivity index (χ4n) is 0.741. The minimum atomic E-state index is -0.506. The van der Waals surface area contributed by atoms with Gasteiger partial charge < -0.3 is 5.21 Å². The first-order valence-corrected chi connectivity index (χ1v) is 3.44. The third-order valence-electron chi connectivity index (χ3n) is 1.21. The summed E-state index contributed by atoms with van der Waals surface area (Å²) in [6.07, 6.45) is 0. The summed E-state index contributed by atoms with van der Waals surface area (Å²) in [6.45, 7) is 1.23. The molecule has 1 amide bonds. The predicted octanol–water partition coefficient (Wildman–Crippen LogP) is 1.83. The molecule has 0 bridgehead atoms. The fourth-order valence-corrected chi connectivity index (χ4v) is 0.741. The van der Waals surface area contributed by atoms with E-state index in [0.29, 0.717) is 10.5 Å². The van der Waals surface area contributed by atoms with Gasteiger partial charge in [-0.2, -0.15) is 0 Å². The zero-order chi connectivity index (χ0) is 8.97. The van der Waals surface area contributed by atoms with Crippen LogP contribution in [0, 0.1) is 5.21 Å².